The van der Waals surface area contributed by atoms with E-state index in [1.54, 1.807) is 22.4 Å². The van der Waals surface area contributed by atoms with Gasteiger partial charge in [-0.1, -0.05) is 24.3 Å². The maximum atomic E-state index is 12.1. The standard InChI is InChI=1S/C17H16N2O2S/c1-21-17(20)19-8-7-14-15(18-10-22-14)16(19)13-4-2-3-12(9-13)11-5-6-11/h2-4,7-11,16H,5-6H2,1H3. The van der Waals surface area contributed by atoms with Gasteiger partial charge >= 0.3 is 6.09 Å². The number of fused-ring (bicyclic) bond motifs is 1. The summed E-state index contributed by atoms with van der Waals surface area (Å²) in [6, 6.07) is 8.31. The Balaban J connectivity index is 1.80. The molecule has 1 aliphatic heterocycles. The Labute approximate surface area is 133 Å². The number of carbonyl (C=O) groups excluding carboxylic acids is 1. The van der Waals surface area contributed by atoms with Crippen LogP contribution in [0.15, 0.2) is 36.0 Å². The number of aromatic nitrogens is 1. The van der Waals surface area contributed by atoms with E-state index in [0.717, 1.165) is 16.1 Å². The molecule has 1 aromatic carbocycles. The maximum absolute atomic E-state index is 12.1. The molecule has 0 bridgehead atoms. The molecule has 112 valence electrons. The smallest absolute Gasteiger partial charge is 0.414 e. The summed E-state index contributed by atoms with van der Waals surface area (Å²) in [7, 11) is 1.41. The number of benzene rings is 1. The summed E-state index contributed by atoms with van der Waals surface area (Å²) in [4.78, 5) is 19.3. The van der Waals surface area contributed by atoms with Crippen molar-refractivity contribution in [2.24, 2.45) is 0 Å². The van der Waals surface area contributed by atoms with Crippen molar-refractivity contribution in [1.82, 2.24) is 9.88 Å². The molecule has 0 N–H and O–H groups in total. The molecule has 4 nitrogen and oxygen atoms in total. The molecular formula is C17H16N2O2S. The Hall–Kier alpha value is -2.14. The third kappa shape index (κ3) is 2.22. The molecular weight excluding hydrogens is 296 g/mol. The van der Waals surface area contributed by atoms with Gasteiger partial charge in [-0.05, 0) is 36.0 Å². The average molecular weight is 312 g/mol. The first-order chi connectivity index (χ1) is 10.8. The van der Waals surface area contributed by atoms with Crippen LogP contribution in [-0.2, 0) is 4.74 Å². The van der Waals surface area contributed by atoms with Gasteiger partial charge in [-0.25, -0.2) is 9.78 Å². The Morgan fingerprint density at radius 1 is 1.36 bits per heavy atom. The van der Waals surface area contributed by atoms with Crippen molar-refractivity contribution >= 4 is 23.5 Å². The Morgan fingerprint density at radius 2 is 2.18 bits per heavy atom. The first-order valence-electron chi connectivity index (χ1n) is 7.35. The lowest BCUT2D eigenvalue weighted by Crippen LogP contribution is -2.33. The van der Waals surface area contributed by atoms with Crippen LogP contribution < -0.4 is 0 Å². The first-order valence-corrected chi connectivity index (χ1v) is 8.23. The van der Waals surface area contributed by atoms with Gasteiger partial charge in [0.15, 0.2) is 0 Å². The monoisotopic (exact) mass is 312 g/mol. The normalized spacial score (nSPS) is 19.9. The van der Waals surface area contributed by atoms with E-state index < -0.39 is 0 Å². The average Bonchev–Trinajstić information content (AvgIpc) is 3.31. The molecule has 2 aromatic rings. The van der Waals surface area contributed by atoms with Crippen molar-refractivity contribution < 1.29 is 9.53 Å². The van der Waals surface area contributed by atoms with Gasteiger partial charge < -0.3 is 4.74 Å². The maximum Gasteiger partial charge on any atom is 0.414 e. The van der Waals surface area contributed by atoms with Crippen LogP contribution >= 0.6 is 11.3 Å². The molecule has 1 amide bonds. The minimum Gasteiger partial charge on any atom is -0.452 e. The molecule has 0 radical (unpaired) electrons. The molecule has 1 saturated carbocycles. The molecule has 0 saturated heterocycles. The van der Waals surface area contributed by atoms with Crippen molar-refractivity contribution in [2.45, 2.75) is 24.8 Å². The predicted molar refractivity (Wildman–Crippen MR) is 85.7 cm³/mol. The lowest BCUT2D eigenvalue weighted by molar-refractivity contribution is 0.130. The minimum atomic E-state index is -0.364. The first kappa shape index (κ1) is 13.5. The van der Waals surface area contributed by atoms with Crippen LogP contribution in [0.5, 0.6) is 0 Å². The van der Waals surface area contributed by atoms with Crippen molar-refractivity contribution in [3.05, 3.63) is 57.7 Å². The van der Waals surface area contributed by atoms with Crippen LogP contribution in [0.3, 0.4) is 0 Å². The zero-order valence-electron chi connectivity index (χ0n) is 12.2. The highest BCUT2D eigenvalue weighted by atomic mass is 32.1. The van der Waals surface area contributed by atoms with E-state index in [9.17, 15) is 4.79 Å². The summed E-state index contributed by atoms with van der Waals surface area (Å²) in [6.45, 7) is 0. The fourth-order valence-electron chi connectivity index (χ4n) is 2.95. The number of nitrogens with zero attached hydrogens (tertiary/aromatic N) is 2. The molecule has 0 spiro atoms. The van der Waals surface area contributed by atoms with E-state index in [1.165, 1.54) is 25.5 Å². The highest BCUT2D eigenvalue weighted by Gasteiger charge is 2.33. The number of hydrogen-bond acceptors (Lipinski definition) is 4. The molecule has 2 aliphatic rings. The lowest BCUT2D eigenvalue weighted by atomic mass is 9.96. The highest BCUT2D eigenvalue weighted by molar-refractivity contribution is 7.10. The summed E-state index contributed by atoms with van der Waals surface area (Å²) in [5.41, 5.74) is 5.19. The number of rotatable bonds is 2. The summed E-state index contributed by atoms with van der Waals surface area (Å²) in [6.07, 6.45) is 5.87. The minimum absolute atomic E-state index is 0.211. The summed E-state index contributed by atoms with van der Waals surface area (Å²) < 4.78 is 4.93. The van der Waals surface area contributed by atoms with Crippen LogP contribution in [0.1, 0.15) is 46.5 Å². The second-order valence-electron chi connectivity index (χ2n) is 5.64. The Bertz CT molecular complexity index is 749. The molecule has 5 heteroatoms. The fraction of sp³-hybridized carbons (Fsp3) is 0.294. The van der Waals surface area contributed by atoms with Gasteiger partial charge in [0.1, 0.15) is 6.04 Å². The van der Waals surface area contributed by atoms with Gasteiger partial charge in [0.25, 0.3) is 0 Å². The molecule has 1 atom stereocenters. The second-order valence-corrected chi connectivity index (χ2v) is 6.53. The van der Waals surface area contributed by atoms with Crippen molar-refractivity contribution in [3.8, 4) is 0 Å². The van der Waals surface area contributed by atoms with E-state index in [-0.39, 0.29) is 12.1 Å². The van der Waals surface area contributed by atoms with Crippen molar-refractivity contribution in [3.63, 3.8) is 0 Å². The molecule has 4 rings (SSSR count). The van der Waals surface area contributed by atoms with E-state index in [0.29, 0.717) is 5.92 Å². The van der Waals surface area contributed by atoms with Crippen LogP contribution in [0.4, 0.5) is 4.79 Å². The number of thiazole rings is 1. The van der Waals surface area contributed by atoms with Gasteiger partial charge in [-0.15, -0.1) is 11.3 Å². The van der Waals surface area contributed by atoms with Crippen LogP contribution in [0, 0.1) is 0 Å². The van der Waals surface area contributed by atoms with E-state index in [2.05, 4.69) is 29.2 Å². The van der Waals surface area contributed by atoms with E-state index >= 15 is 0 Å². The number of hydrogen-bond donors (Lipinski definition) is 0. The molecule has 1 fully saturated rings. The number of ether oxygens (including phenoxy) is 1. The van der Waals surface area contributed by atoms with E-state index in [4.69, 9.17) is 4.74 Å². The second kappa shape index (κ2) is 5.25. The lowest BCUT2D eigenvalue weighted by Gasteiger charge is -2.30. The largest absolute Gasteiger partial charge is 0.452 e. The molecule has 1 aromatic heterocycles. The number of amides is 1. The number of carbonyl (C=O) groups is 1. The van der Waals surface area contributed by atoms with Crippen molar-refractivity contribution in [2.75, 3.05) is 7.11 Å². The van der Waals surface area contributed by atoms with Gasteiger partial charge in [-0.3, -0.25) is 4.90 Å². The third-order valence-electron chi connectivity index (χ3n) is 4.21. The van der Waals surface area contributed by atoms with Crippen molar-refractivity contribution in [1.29, 1.82) is 0 Å². The molecule has 22 heavy (non-hydrogen) atoms. The van der Waals surface area contributed by atoms with Gasteiger partial charge in [0, 0.05) is 6.20 Å². The highest BCUT2D eigenvalue weighted by Crippen LogP contribution is 2.42. The van der Waals surface area contributed by atoms with Crippen LogP contribution in [0.25, 0.3) is 6.08 Å². The van der Waals surface area contributed by atoms with Crippen LogP contribution in [0.2, 0.25) is 0 Å². The van der Waals surface area contributed by atoms with Gasteiger partial charge in [0.2, 0.25) is 0 Å². The zero-order chi connectivity index (χ0) is 15.1. The molecule has 2 heterocycles. The predicted octanol–water partition coefficient (Wildman–Crippen LogP) is 4.16. The third-order valence-corrected chi connectivity index (χ3v) is 5.02. The van der Waals surface area contributed by atoms with Gasteiger partial charge in [0.05, 0.1) is 23.2 Å². The summed E-state index contributed by atoms with van der Waals surface area (Å²) in [5, 5.41) is 0. The Kier molecular flexibility index (Phi) is 3.22. The fourth-order valence-corrected chi connectivity index (χ4v) is 3.65. The summed E-state index contributed by atoms with van der Waals surface area (Å²) >= 11 is 1.59. The zero-order valence-corrected chi connectivity index (χ0v) is 13.0. The SMILES string of the molecule is COC(=O)N1C=Cc2scnc2C1c1cccc(C2CC2)c1. The Morgan fingerprint density at radius 3 is 2.95 bits per heavy atom. The van der Waals surface area contributed by atoms with Gasteiger partial charge in [-0.2, -0.15) is 0 Å². The molecule has 1 unspecified atom stereocenters. The van der Waals surface area contributed by atoms with Crippen LogP contribution in [-0.4, -0.2) is 23.1 Å². The topological polar surface area (TPSA) is 42.4 Å². The quantitative estimate of drug-likeness (QED) is 0.836. The summed E-state index contributed by atoms with van der Waals surface area (Å²) in [5.74, 6) is 0.681. The molecule has 1 aliphatic carbocycles. The number of methoxy groups -OCH3 is 1. The van der Waals surface area contributed by atoms with E-state index in [1.807, 2.05) is 11.6 Å².